The van der Waals surface area contributed by atoms with Crippen LogP contribution in [0.25, 0.3) is 0 Å². The molecule has 9 heavy (non-hydrogen) atoms. The molecule has 1 unspecified atom stereocenters. The zero-order valence-corrected chi connectivity index (χ0v) is 5.08. The molecule has 1 radical (unpaired) electrons. The maximum Gasteiger partial charge on any atom is 0.200 e. The SMILES string of the molecule is O=[C]CC1CC=CC=N1. The van der Waals surface area contributed by atoms with Crippen molar-refractivity contribution in [3.8, 4) is 0 Å². The van der Waals surface area contributed by atoms with E-state index in [4.69, 9.17) is 0 Å². The molecule has 2 nitrogen and oxygen atoms in total. The summed E-state index contributed by atoms with van der Waals surface area (Å²) in [7, 11) is 0. The predicted octanol–water partition coefficient (Wildman–Crippen LogP) is 0.885. The lowest BCUT2D eigenvalue weighted by Gasteiger charge is -2.06. The van der Waals surface area contributed by atoms with Crippen molar-refractivity contribution >= 4 is 12.5 Å². The molecule has 0 aliphatic carbocycles. The molecule has 0 amide bonds. The molecular formula is C7H8NO. The lowest BCUT2D eigenvalue weighted by Crippen LogP contribution is -2.05. The normalized spacial score (nSPS) is 24.2. The maximum absolute atomic E-state index is 9.85. The second-order valence-electron chi connectivity index (χ2n) is 1.96. The second kappa shape index (κ2) is 3.17. The molecule has 0 saturated carbocycles. The van der Waals surface area contributed by atoms with Crippen molar-refractivity contribution in [1.82, 2.24) is 0 Å². The standard InChI is InChI=1S/C7H8NO/c9-6-4-7-3-1-2-5-8-7/h1-2,5,7H,3-4H2. The molecule has 0 saturated heterocycles. The minimum atomic E-state index is 0.160. The summed E-state index contributed by atoms with van der Waals surface area (Å²) in [5, 5.41) is 0. The number of hydrogen-bond acceptors (Lipinski definition) is 2. The molecule has 1 rings (SSSR count). The summed E-state index contributed by atoms with van der Waals surface area (Å²) in [6, 6.07) is 0.160. The van der Waals surface area contributed by atoms with E-state index >= 15 is 0 Å². The van der Waals surface area contributed by atoms with Gasteiger partial charge in [0.05, 0.1) is 6.04 Å². The second-order valence-corrected chi connectivity index (χ2v) is 1.96. The minimum Gasteiger partial charge on any atom is -0.291 e. The summed E-state index contributed by atoms with van der Waals surface area (Å²) < 4.78 is 0. The van der Waals surface area contributed by atoms with Gasteiger partial charge in [0.2, 0.25) is 6.29 Å². The van der Waals surface area contributed by atoms with Crippen LogP contribution in [0.5, 0.6) is 0 Å². The van der Waals surface area contributed by atoms with E-state index in [1.165, 1.54) is 0 Å². The highest BCUT2D eigenvalue weighted by molar-refractivity contribution is 5.72. The van der Waals surface area contributed by atoms with Crippen molar-refractivity contribution in [2.75, 3.05) is 0 Å². The smallest absolute Gasteiger partial charge is 0.200 e. The fourth-order valence-corrected chi connectivity index (χ4v) is 0.761. The van der Waals surface area contributed by atoms with Crippen LogP contribution in [0.1, 0.15) is 12.8 Å². The number of nitrogens with zero attached hydrogens (tertiary/aromatic N) is 1. The number of aliphatic imine (C=N–C) groups is 1. The Kier molecular flexibility index (Phi) is 2.19. The van der Waals surface area contributed by atoms with Gasteiger partial charge in [0, 0.05) is 12.6 Å². The molecule has 0 bridgehead atoms. The Morgan fingerprint density at radius 1 is 1.78 bits per heavy atom. The first-order chi connectivity index (χ1) is 4.43. The molecule has 1 aliphatic heterocycles. The lowest BCUT2D eigenvalue weighted by molar-refractivity contribution is 0.541. The topological polar surface area (TPSA) is 29.4 Å². The first-order valence-corrected chi connectivity index (χ1v) is 2.97. The molecule has 0 aromatic carbocycles. The summed E-state index contributed by atoms with van der Waals surface area (Å²) >= 11 is 0. The zero-order chi connectivity index (χ0) is 6.53. The van der Waals surface area contributed by atoms with Crippen molar-refractivity contribution < 1.29 is 4.79 Å². The monoisotopic (exact) mass is 122 g/mol. The average molecular weight is 122 g/mol. The highest BCUT2D eigenvalue weighted by atomic mass is 16.1. The van der Waals surface area contributed by atoms with Gasteiger partial charge in [0.15, 0.2) is 0 Å². The fraction of sp³-hybridized carbons (Fsp3) is 0.429. The van der Waals surface area contributed by atoms with Gasteiger partial charge in [-0.25, -0.2) is 0 Å². The van der Waals surface area contributed by atoms with Crippen molar-refractivity contribution in [3.05, 3.63) is 12.2 Å². The summed E-state index contributed by atoms with van der Waals surface area (Å²) in [6.07, 6.45) is 8.78. The van der Waals surface area contributed by atoms with Gasteiger partial charge in [-0.1, -0.05) is 6.08 Å². The Labute approximate surface area is 54.3 Å². The van der Waals surface area contributed by atoms with Gasteiger partial charge < -0.3 is 0 Å². The van der Waals surface area contributed by atoms with Crippen LogP contribution in [0.4, 0.5) is 0 Å². The largest absolute Gasteiger partial charge is 0.291 e. The molecule has 0 spiro atoms. The molecule has 47 valence electrons. The number of hydrogen-bond donors (Lipinski definition) is 0. The van der Waals surface area contributed by atoms with Gasteiger partial charge in [-0.15, -0.1) is 0 Å². The van der Waals surface area contributed by atoms with Gasteiger partial charge in [-0.3, -0.25) is 9.79 Å². The summed E-state index contributed by atoms with van der Waals surface area (Å²) in [4.78, 5) is 13.9. The van der Waals surface area contributed by atoms with E-state index in [1.807, 2.05) is 18.4 Å². The van der Waals surface area contributed by atoms with E-state index in [1.54, 1.807) is 6.21 Å². The first-order valence-electron chi connectivity index (χ1n) is 2.97. The van der Waals surface area contributed by atoms with Crippen LogP contribution in [0, 0.1) is 0 Å². The Morgan fingerprint density at radius 3 is 3.22 bits per heavy atom. The maximum atomic E-state index is 9.85. The third kappa shape index (κ3) is 1.80. The molecule has 1 aliphatic rings. The Bertz CT molecular complexity index is 147. The van der Waals surface area contributed by atoms with E-state index in [0.717, 1.165) is 6.42 Å². The van der Waals surface area contributed by atoms with Crippen molar-refractivity contribution in [3.63, 3.8) is 0 Å². The Morgan fingerprint density at radius 2 is 2.67 bits per heavy atom. The number of carbonyl (C=O) groups excluding carboxylic acids is 1. The van der Waals surface area contributed by atoms with Crippen LogP contribution < -0.4 is 0 Å². The van der Waals surface area contributed by atoms with E-state index in [0.29, 0.717) is 6.42 Å². The van der Waals surface area contributed by atoms with Gasteiger partial charge in [0.25, 0.3) is 0 Å². The molecular weight excluding hydrogens is 114 g/mol. The van der Waals surface area contributed by atoms with Gasteiger partial charge >= 0.3 is 0 Å². The highest BCUT2D eigenvalue weighted by Gasteiger charge is 2.03. The summed E-state index contributed by atoms with van der Waals surface area (Å²) in [6.45, 7) is 0. The van der Waals surface area contributed by atoms with E-state index in [9.17, 15) is 4.79 Å². The van der Waals surface area contributed by atoms with Crippen molar-refractivity contribution in [1.29, 1.82) is 0 Å². The van der Waals surface area contributed by atoms with Crippen LogP contribution in [-0.4, -0.2) is 18.5 Å². The predicted molar refractivity (Wildman–Crippen MR) is 36.3 cm³/mol. The van der Waals surface area contributed by atoms with Crippen LogP contribution in [0.2, 0.25) is 0 Å². The van der Waals surface area contributed by atoms with Crippen molar-refractivity contribution in [2.24, 2.45) is 4.99 Å². The third-order valence-corrected chi connectivity index (χ3v) is 1.25. The van der Waals surface area contributed by atoms with Crippen molar-refractivity contribution in [2.45, 2.75) is 18.9 Å². The number of allylic oxidation sites excluding steroid dienone is 1. The quantitative estimate of drug-likeness (QED) is 0.534. The molecule has 0 aromatic rings. The number of dihydropyridines is 1. The fourth-order valence-electron chi connectivity index (χ4n) is 0.761. The van der Waals surface area contributed by atoms with Gasteiger partial charge in [-0.05, 0) is 12.5 Å². The molecule has 1 atom stereocenters. The summed E-state index contributed by atoms with van der Waals surface area (Å²) in [5.41, 5.74) is 0. The zero-order valence-electron chi connectivity index (χ0n) is 5.08. The highest BCUT2D eigenvalue weighted by Crippen LogP contribution is 2.05. The van der Waals surface area contributed by atoms with Gasteiger partial charge in [-0.2, -0.15) is 0 Å². The Balaban J connectivity index is 2.36. The Hall–Kier alpha value is -0.920. The van der Waals surface area contributed by atoms with Crippen LogP contribution >= 0.6 is 0 Å². The van der Waals surface area contributed by atoms with E-state index in [2.05, 4.69) is 4.99 Å². The molecule has 0 N–H and O–H groups in total. The molecule has 0 fully saturated rings. The minimum absolute atomic E-state index is 0.160. The van der Waals surface area contributed by atoms with Crippen LogP contribution in [-0.2, 0) is 4.79 Å². The number of rotatable bonds is 2. The van der Waals surface area contributed by atoms with E-state index in [-0.39, 0.29) is 6.04 Å². The third-order valence-electron chi connectivity index (χ3n) is 1.25. The molecule has 1 heterocycles. The first kappa shape index (κ1) is 6.20. The van der Waals surface area contributed by atoms with Crippen LogP contribution in [0.15, 0.2) is 17.1 Å². The molecule has 2 heteroatoms. The lowest BCUT2D eigenvalue weighted by atomic mass is 10.1. The molecule has 0 aromatic heterocycles. The van der Waals surface area contributed by atoms with E-state index < -0.39 is 0 Å². The van der Waals surface area contributed by atoms with Gasteiger partial charge in [0.1, 0.15) is 0 Å². The van der Waals surface area contributed by atoms with Crippen LogP contribution in [0.3, 0.4) is 0 Å². The summed E-state index contributed by atoms with van der Waals surface area (Å²) in [5.74, 6) is 0. The average Bonchev–Trinajstić information content (AvgIpc) is 1.91.